The molecule has 4 heteroatoms. The third-order valence-electron chi connectivity index (χ3n) is 1.62. The molecule has 0 fully saturated rings. The van der Waals surface area contributed by atoms with Crippen LogP contribution in [0.3, 0.4) is 0 Å². The lowest BCUT2D eigenvalue weighted by Crippen LogP contribution is -2.00. The number of H-pyrrole nitrogens is 1. The second-order valence-corrected chi connectivity index (χ2v) is 2.78. The van der Waals surface area contributed by atoms with Crippen molar-refractivity contribution in [1.82, 2.24) is 4.98 Å². The zero-order chi connectivity index (χ0) is 10.6. The van der Waals surface area contributed by atoms with Gasteiger partial charge in [0.05, 0.1) is 7.11 Å². The fourth-order valence-electron chi connectivity index (χ4n) is 0.949. The monoisotopic (exact) mass is 193 g/mol. The molecule has 0 bridgehead atoms. The van der Waals surface area contributed by atoms with Crippen LogP contribution in [0, 0.1) is 0 Å². The van der Waals surface area contributed by atoms with Gasteiger partial charge in [0.2, 0.25) is 0 Å². The minimum absolute atomic E-state index is 0.0363. The van der Waals surface area contributed by atoms with Gasteiger partial charge in [0, 0.05) is 6.20 Å². The van der Waals surface area contributed by atoms with Crippen LogP contribution in [0.25, 0.3) is 6.08 Å². The third kappa shape index (κ3) is 2.58. The summed E-state index contributed by atoms with van der Waals surface area (Å²) in [6.07, 6.45) is 4.70. The lowest BCUT2D eigenvalue weighted by molar-refractivity contribution is -0.112. The van der Waals surface area contributed by atoms with Crippen molar-refractivity contribution in [2.24, 2.45) is 0 Å². The number of aromatic amines is 1. The molecule has 0 saturated carbocycles. The first-order valence-corrected chi connectivity index (χ1v) is 4.09. The van der Waals surface area contributed by atoms with E-state index in [9.17, 15) is 9.59 Å². The number of hydrogen-bond acceptors (Lipinski definition) is 3. The van der Waals surface area contributed by atoms with Crippen LogP contribution >= 0.6 is 0 Å². The first kappa shape index (κ1) is 10.2. The third-order valence-corrected chi connectivity index (χ3v) is 1.62. The van der Waals surface area contributed by atoms with Crippen molar-refractivity contribution in [2.45, 2.75) is 6.92 Å². The maximum absolute atomic E-state index is 11.0. The SMILES string of the molecule is COC(=O)c1cc(/C=C/C(C)=O)c[nH]1. The summed E-state index contributed by atoms with van der Waals surface area (Å²) < 4.78 is 4.51. The van der Waals surface area contributed by atoms with E-state index in [-0.39, 0.29) is 5.78 Å². The Hall–Kier alpha value is -1.84. The number of aromatic nitrogens is 1. The molecule has 4 nitrogen and oxygen atoms in total. The fourth-order valence-corrected chi connectivity index (χ4v) is 0.949. The Morgan fingerprint density at radius 1 is 1.50 bits per heavy atom. The standard InChI is InChI=1S/C10H11NO3/c1-7(12)3-4-8-5-9(11-6-8)10(13)14-2/h3-6,11H,1-2H3/b4-3+. The minimum atomic E-state index is -0.424. The Morgan fingerprint density at radius 2 is 2.21 bits per heavy atom. The van der Waals surface area contributed by atoms with Crippen molar-refractivity contribution in [3.05, 3.63) is 29.6 Å². The van der Waals surface area contributed by atoms with Gasteiger partial charge in [-0.05, 0) is 30.7 Å². The molecule has 74 valence electrons. The summed E-state index contributed by atoms with van der Waals surface area (Å²) in [6, 6.07) is 1.62. The van der Waals surface area contributed by atoms with Crippen molar-refractivity contribution in [3.8, 4) is 0 Å². The summed E-state index contributed by atoms with van der Waals surface area (Å²) in [4.78, 5) is 24.4. The van der Waals surface area contributed by atoms with Gasteiger partial charge in [-0.2, -0.15) is 0 Å². The number of rotatable bonds is 3. The highest BCUT2D eigenvalue weighted by molar-refractivity contribution is 5.92. The van der Waals surface area contributed by atoms with E-state index in [1.165, 1.54) is 20.1 Å². The molecule has 0 saturated heterocycles. The van der Waals surface area contributed by atoms with Crippen molar-refractivity contribution in [2.75, 3.05) is 7.11 Å². The number of esters is 1. The topological polar surface area (TPSA) is 59.2 Å². The quantitative estimate of drug-likeness (QED) is 0.583. The molecule has 0 aliphatic heterocycles. The Labute approximate surface area is 81.6 Å². The van der Waals surface area contributed by atoms with Crippen molar-refractivity contribution < 1.29 is 14.3 Å². The summed E-state index contributed by atoms with van der Waals surface area (Å²) in [5.41, 5.74) is 1.14. The normalized spacial score (nSPS) is 10.4. The summed E-state index contributed by atoms with van der Waals surface area (Å²) in [5, 5.41) is 0. The highest BCUT2D eigenvalue weighted by Gasteiger charge is 2.06. The number of ether oxygens (including phenoxy) is 1. The molecule has 0 aliphatic rings. The van der Waals surface area contributed by atoms with Gasteiger partial charge in [0.15, 0.2) is 5.78 Å². The number of ketones is 1. The molecule has 0 spiro atoms. The van der Waals surface area contributed by atoms with Crippen LogP contribution in [0.4, 0.5) is 0 Å². The highest BCUT2D eigenvalue weighted by Crippen LogP contribution is 2.06. The fraction of sp³-hybridized carbons (Fsp3) is 0.200. The van der Waals surface area contributed by atoms with Crippen LogP contribution in [-0.2, 0) is 9.53 Å². The predicted octanol–water partition coefficient (Wildman–Crippen LogP) is 1.40. The Morgan fingerprint density at radius 3 is 2.79 bits per heavy atom. The first-order valence-electron chi connectivity index (χ1n) is 4.09. The van der Waals surface area contributed by atoms with Crippen LogP contribution in [-0.4, -0.2) is 23.8 Å². The van der Waals surface area contributed by atoms with Gasteiger partial charge in [0.25, 0.3) is 0 Å². The number of allylic oxidation sites excluding steroid dienone is 1. The van der Waals surface area contributed by atoms with Crippen molar-refractivity contribution in [1.29, 1.82) is 0 Å². The molecule has 14 heavy (non-hydrogen) atoms. The maximum Gasteiger partial charge on any atom is 0.354 e. The molecule has 1 rings (SSSR count). The molecule has 0 radical (unpaired) electrons. The second kappa shape index (κ2) is 4.41. The average molecular weight is 193 g/mol. The molecule has 0 aliphatic carbocycles. The van der Waals surface area contributed by atoms with Crippen LogP contribution in [0.1, 0.15) is 23.0 Å². The first-order chi connectivity index (χ1) is 6.63. The number of methoxy groups -OCH3 is 1. The van der Waals surface area contributed by atoms with Gasteiger partial charge in [-0.15, -0.1) is 0 Å². The van der Waals surface area contributed by atoms with E-state index in [2.05, 4.69) is 9.72 Å². The van der Waals surface area contributed by atoms with E-state index in [0.717, 1.165) is 5.56 Å². The summed E-state index contributed by atoms with van der Waals surface area (Å²) in [6.45, 7) is 1.46. The zero-order valence-electron chi connectivity index (χ0n) is 8.03. The maximum atomic E-state index is 11.0. The molecule has 1 N–H and O–H groups in total. The molecular formula is C10H11NO3. The van der Waals surface area contributed by atoms with E-state index < -0.39 is 5.97 Å². The molecule has 0 amide bonds. The number of nitrogens with one attached hydrogen (secondary N) is 1. The number of hydrogen-bond donors (Lipinski definition) is 1. The average Bonchev–Trinajstić information content (AvgIpc) is 2.62. The number of carbonyl (C=O) groups excluding carboxylic acids is 2. The summed E-state index contributed by atoms with van der Waals surface area (Å²) in [7, 11) is 1.31. The molecular weight excluding hydrogens is 182 g/mol. The van der Waals surface area contributed by atoms with Gasteiger partial charge in [-0.3, -0.25) is 4.79 Å². The highest BCUT2D eigenvalue weighted by atomic mass is 16.5. The van der Waals surface area contributed by atoms with Gasteiger partial charge in [-0.1, -0.05) is 0 Å². The van der Waals surface area contributed by atoms with Gasteiger partial charge in [0.1, 0.15) is 5.69 Å². The van der Waals surface area contributed by atoms with E-state index in [0.29, 0.717) is 5.69 Å². The van der Waals surface area contributed by atoms with Crippen LogP contribution in [0.2, 0.25) is 0 Å². The summed E-state index contributed by atoms with van der Waals surface area (Å²) >= 11 is 0. The van der Waals surface area contributed by atoms with Gasteiger partial charge in [-0.25, -0.2) is 4.79 Å². The summed E-state index contributed by atoms with van der Waals surface area (Å²) in [5.74, 6) is -0.460. The van der Waals surface area contributed by atoms with E-state index in [1.807, 2.05) is 0 Å². The van der Waals surface area contributed by atoms with Crippen LogP contribution in [0.15, 0.2) is 18.3 Å². The van der Waals surface area contributed by atoms with Gasteiger partial charge < -0.3 is 9.72 Å². The molecule has 1 aromatic heterocycles. The van der Waals surface area contributed by atoms with E-state index in [1.54, 1.807) is 18.3 Å². The van der Waals surface area contributed by atoms with Crippen molar-refractivity contribution >= 4 is 17.8 Å². The zero-order valence-corrected chi connectivity index (χ0v) is 8.03. The van der Waals surface area contributed by atoms with E-state index >= 15 is 0 Å². The minimum Gasteiger partial charge on any atom is -0.464 e. The number of carbonyl (C=O) groups is 2. The molecule has 0 unspecified atom stereocenters. The lowest BCUT2D eigenvalue weighted by Gasteiger charge is -1.91. The van der Waals surface area contributed by atoms with Crippen LogP contribution in [0.5, 0.6) is 0 Å². The van der Waals surface area contributed by atoms with Crippen molar-refractivity contribution in [3.63, 3.8) is 0 Å². The second-order valence-electron chi connectivity index (χ2n) is 2.78. The largest absolute Gasteiger partial charge is 0.464 e. The molecule has 0 atom stereocenters. The smallest absolute Gasteiger partial charge is 0.354 e. The lowest BCUT2D eigenvalue weighted by atomic mass is 10.2. The predicted molar refractivity (Wildman–Crippen MR) is 51.8 cm³/mol. The van der Waals surface area contributed by atoms with E-state index in [4.69, 9.17) is 0 Å². The Bertz CT molecular complexity index is 376. The Balaban J connectivity index is 2.78. The van der Waals surface area contributed by atoms with Crippen LogP contribution < -0.4 is 0 Å². The molecule has 1 aromatic rings. The van der Waals surface area contributed by atoms with Gasteiger partial charge >= 0.3 is 5.97 Å². The molecule has 0 aromatic carbocycles. The Kier molecular flexibility index (Phi) is 3.23. The molecule has 1 heterocycles.